The summed E-state index contributed by atoms with van der Waals surface area (Å²) in [5.41, 5.74) is 0. The lowest BCUT2D eigenvalue weighted by atomic mass is 10.1. The van der Waals surface area contributed by atoms with Crippen molar-refractivity contribution in [2.45, 2.75) is 97.3 Å². The first-order valence-corrected chi connectivity index (χ1v) is 8.46. The van der Waals surface area contributed by atoms with Crippen LogP contribution in [0.1, 0.15) is 97.3 Å². The van der Waals surface area contributed by atoms with Gasteiger partial charge >= 0.3 is 5.97 Å². The monoisotopic (exact) mass is 270 g/mol. The van der Waals surface area contributed by atoms with Crippen molar-refractivity contribution in [2.24, 2.45) is 0 Å². The molecular formula is C17H34O2. The van der Waals surface area contributed by atoms with Gasteiger partial charge in [0.25, 0.3) is 0 Å². The first kappa shape index (κ1) is 18.5. The van der Waals surface area contributed by atoms with Crippen LogP contribution in [-0.4, -0.2) is 12.6 Å². The minimum atomic E-state index is -0.00647. The molecule has 0 heterocycles. The number of hydrogen-bond acceptors (Lipinski definition) is 2. The highest BCUT2D eigenvalue weighted by atomic mass is 16.5. The Bertz CT molecular complexity index is 190. The lowest BCUT2D eigenvalue weighted by Gasteiger charge is -2.04. The molecule has 2 heteroatoms. The molecule has 0 radical (unpaired) electrons. The van der Waals surface area contributed by atoms with Gasteiger partial charge in [0, 0.05) is 6.42 Å². The second-order valence-corrected chi connectivity index (χ2v) is 5.51. The molecule has 0 aromatic carbocycles. The molecule has 0 aromatic heterocycles. The van der Waals surface area contributed by atoms with Gasteiger partial charge in [-0.3, -0.25) is 4.79 Å². The molecular weight excluding hydrogens is 236 g/mol. The van der Waals surface area contributed by atoms with Crippen molar-refractivity contribution >= 4 is 5.97 Å². The van der Waals surface area contributed by atoms with E-state index in [0.29, 0.717) is 13.0 Å². The minimum Gasteiger partial charge on any atom is -0.466 e. The quantitative estimate of drug-likeness (QED) is 0.301. The van der Waals surface area contributed by atoms with Crippen molar-refractivity contribution < 1.29 is 9.53 Å². The van der Waals surface area contributed by atoms with Crippen LogP contribution in [0, 0.1) is 0 Å². The molecule has 0 saturated heterocycles. The van der Waals surface area contributed by atoms with Crippen molar-refractivity contribution in [2.75, 3.05) is 6.61 Å². The van der Waals surface area contributed by atoms with Gasteiger partial charge in [-0.15, -0.1) is 0 Å². The molecule has 0 saturated carbocycles. The number of hydrogen-bond donors (Lipinski definition) is 0. The Morgan fingerprint density at radius 2 is 1.16 bits per heavy atom. The average molecular weight is 270 g/mol. The third kappa shape index (κ3) is 15.4. The summed E-state index contributed by atoms with van der Waals surface area (Å²) >= 11 is 0. The van der Waals surface area contributed by atoms with Crippen molar-refractivity contribution in [1.29, 1.82) is 0 Å². The maximum absolute atomic E-state index is 11.3. The average Bonchev–Trinajstić information content (AvgIpc) is 2.41. The van der Waals surface area contributed by atoms with E-state index in [-0.39, 0.29) is 5.97 Å². The highest BCUT2D eigenvalue weighted by Crippen LogP contribution is 2.11. The summed E-state index contributed by atoms with van der Waals surface area (Å²) < 4.78 is 5.13. The first-order chi connectivity index (χ1) is 9.31. The molecule has 0 aliphatic carbocycles. The number of unbranched alkanes of at least 4 members (excludes halogenated alkanes) is 10. The molecule has 2 nitrogen and oxygen atoms in total. The van der Waals surface area contributed by atoms with Crippen LogP contribution in [-0.2, 0) is 9.53 Å². The minimum absolute atomic E-state index is 0.00647. The molecule has 0 atom stereocenters. The Morgan fingerprint density at radius 3 is 1.68 bits per heavy atom. The van der Waals surface area contributed by atoms with Crippen molar-refractivity contribution in [3.63, 3.8) is 0 Å². The molecule has 0 rings (SSSR count). The normalized spacial score (nSPS) is 10.6. The van der Waals surface area contributed by atoms with Gasteiger partial charge in [-0.25, -0.2) is 0 Å². The Hall–Kier alpha value is -0.530. The van der Waals surface area contributed by atoms with Crippen LogP contribution in [0.25, 0.3) is 0 Å². The Morgan fingerprint density at radius 1 is 0.684 bits per heavy atom. The number of carbonyl (C=O) groups is 1. The van der Waals surface area contributed by atoms with Crippen LogP contribution >= 0.6 is 0 Å². The molecule has 0 aromatic rings. The molecule has 19 heavy (non-hydrogen) atoms. The summed E-state index contributed by atoms with van der Waals surface area (Å²) in [5, 5.41) is 0. The van der Waals surface area contributed by atoms with E-state index in [9.17, 15) is 4.79 Å². The molecule has 0 unspecified atom stereocenters. The van der Waals surface area contributed by atoms with Crippen molar-refractivity contribution in [3.8, 4) is 0 Å². The predicted octanol–water partition coefficient (Wildman–Crippen LogP) is 5.64. The van der Waals surface area contributed by atoms with Crippen LogP contribution in [0.4, 0.5) is 0 Å². The van der Waals surface area contributed by atoms with Crippen LogP contribution in [0.3, 0.4) is 0 Å². The Labute approximate surface area is 120 Å². The number of carbonyl (C=O) groups excluding carboxylic acids is 1. The SMILES string of the molecule is CCCCCCCCCCCCC(=O)OCCCC. The van der Waals surface area contributed by atoms with Crippen molar-refractivity contribution in [3.05, 3.63) is 0 Å². The zero-order valence-corrected chi connectivity index (χ0v) is 13.2. The van der Waals surface area contributed by atoms with E-state index in [1.807, 2.05) is 0 Å². The van der Waals surface area contributed by atoms with Gasteiger partial charge in [-0.2, -0.15) is 0 Å². The number of ether oxygens (including phenoxy) is 1. The molecule has 0 fully saturated rings. The summed E-state index contributed by atoms with van der Waals surface area (Å²) in [5.74, 6) is -0.00647. The van der Waals surface area contributed by atoms with E-state index >= 15 is 0 Å². The van der Waals surface area contributed by atoms with E-state index in [2.05, 4.69) is 13.8 Å². The predicted molar refractivity (Wildman–Crippen MR) is 82.3 cm³/mol. The van der Waals surface area contributed by atoms with Crippen LogP contribution < -0.4 is 0 Å². The molecule has 114 valence electrons. The van der Waals surface area contributed by atoms with Gasteiger partial charge in [0.1, 0.15) is 0 Å². The lowest BCUT2D eigenvalue weighted by molar-refractivity contribution is -0.143. The molecule has 0 aliphatic rings. The third-order valence-corrected chi connectivity index (χ3v) is 3.50. The molecule has 0 bridgehead atoms. The number of esters is 1. The molecule has 0 aliphatic heterocycles. The molecule has 0 spiro atoms. The van der Waals surface area contributed by atoms with Gasteiger partial charge < -0.3 is 4.74 Å². The second kappa shape index (κ2) is 15.5. The van der Waals surface area contributed by atoms with Gasteiger partial charge in [0.2, 0.25) is 0 Å². The van der Waals surface area contributed by atoms with E-state index < -0.39 is 0 Å². The van der Waals surface area contributed by atoms with E-state index in [4.69, 9.17) is 4.74 Å². The molecule has 0 amide bonds. The van der Waals surface area contributed by atoms with Crippen molar-refractivity contribution in [1.82, 2.24) is 0 Å². The first-order valence-electron chi connectivity index (χ1n) is 8.46. The summed E-state index contributed by atoms with van der Waals surface area (Å²) in [7, 11) is 0. The highest BCUT2D eigenvalue weighted by Gasteiger charge is 2.01. The van der Waals surface area contributed by atoms with E-state index in [0.717, 1.165) is 19.3 Å². The standard InChI is InChI=1S/C17H34O2/c1-3-5-7-8-9-10-11-12-13-14-15-17(18)19-16-6-4-2/h3-16H2,1-2H3. The second-order valence-electron chi connectivity index (χ2n) is 5.51. The zero-order chi connectivity index (χ0) is 14.2. The Kier molecular flexibility index (Phi) is 15.1. The maximum atomic E-state index is 11.3. The van der Waals surface area contributed by atoms with Gasteiger partial charge in [-0.05, 0) is 12.8 Å². The Balaban J connectivity index is 3.07. The van der Waals surface area contributed by atoms with Gasteiger partial charge in [-0.1, -0.05) is 78.1 Å². The van der Waals surface area contributed by atoms with Crippen LogP contribution in [0.5, 0.6) is 0 Å². The van der Waals surface area contributed by atoms with E-state index in [1.165, 1.54) is 57.8 Å². The van der Waals surface area contributed by atoms with Crippen LogP contribution in [0.2, 0.25) is 0 Å². The fraction of sp³-hybridized carbons (Fsp3) is 0.941. The lowest BCUT2D eigenvalue weighted by Crippen LogP contribution is -2.05. The summed E-state index contributed by atoms with van der Waals surface area (Å²) in [6, 6.07) is 0. The zero-order valence-electron chi connectivity index (χ0n) is 13.2. The smallest absolute Gasteiger partial charge is 0.305 e. The topological polar surface area (TPSA) is 26.3 Å². The summed E-state index contributed by atoms with van der Waals surface area (Å²) in [6.07, 6.45) is 15.7. The number of rotatable bonds is 14. The summed E-state index contributed by atoms with van der Waals surface area (Å²) in [6.45, 7) is 4.97. The van der Waals surface area contributed by atoms with Gasteiger partial charge in [0.05, 0.1) is 6.61 Å². The summed E-state index contributed by atoms with van der Waals surface area (Å²) in [4.78, 5) is 11.3. The fourth-order valence-electron chi connectivity index (χ4n) is 2.16. The largest absolute Gasteiger partial charge is 0.466 e. The highest BCUT2D eigenvalue weighted by molar-refractivity contribution is 5.69. The maximum Gasteiger partial charge on any atom is 0.305 e. The van der Waals surface area contributed by atoms with Crippen LogP contribution in [0.15, 0.2) is 0 Å². The third-order valence-electron chi connectivity index (χ3n) is 3.50. The van der Waals surface area contributed by atoms with Gasteiger partial charge in [0.15, 0.2) is 0 Å². The fourth-order valence-corrected chi connectivity index (χ4v) is 2.16. The molecule has 0 N–H and O–H groups in total. The van der Waals surface area contributed by atoms with E-state index in [1.54, 1.807) is 0 Å².